The molecule has 116 valence electrons. The van der Waals surface area contributed by atoms with E-state index in [2.05, 4.69) is 39.2 Å². The fourth-order valence-corrected chi connectivity index (χ4v) is 3.66. The van der Waals surface area contributed by atoms with Gasteiger partial charge in [-0.3, -0.25) is 9.59 Å². The number of hydrogen-bond donors (Lipinski definition) is 2. The van der Waals surface area contributed by atoms with E-state index in [-0.39, 0.29) is 29.0 Å². The lowest BCUT2D eigenvalue weighted by Gasteiger charge is -2.46. The molecule has 1 rings (SSSR count). The lowest BCUT2D eigenvalue weighted by Crippen LogP contribution is -2.66. The molecule has 0 aromatic heterocycles. The maximum absolute atomic E-state index is 11.8. The molecule has 1 amide bonds. The molecule has 0 aromatic rings. The van der Waals surface area contributed by atoms with E-state index >= 15 is 0 Å². The Kier molecular flexibility index (Phi) is 4.71. The normalized spacial score (nSPS) is 26.4. The van der Waals surface area contributed by atoms with E-state index < -0.39 is 20.2 Å². The summed E-state index contributed by atoms with van der Waals surface area (Å²) < 4.78 is 6.22. The van der Waals surface area contributed by atoms with Crippen LogP contribution in [0.3, 0.4) is 0 Å². The molecule has 0 radical (unpaired) electrons. The largest absolute Gasteiger partial charge is 0.481 e. The number of carbonyl (C=O) groups excluding carboxylic acids is 1. The van der Waals surface area contributed by atoms with Crippen molar-refractivity contribution in [3.63, 3.8) is 0 Å². The summed E-state index contributed by atoms with van der Waals surface area (Å²) >= 11 is 0. The highest BCUT2D eigenvalue weighted by Crippen LogP contribution is 2.39. The fraction of sp³-hybridized carbons (Fsp3) is 0.857. The summed E-state index contributed by atoms with van der Waals surface area (Å²) in [5, 5.41) is 11.8. The van der Waals surface area contributed by atoms with Gasteiger partial charge in [0.2, 0.25) is 5.91 Å². The second-order valence-corrected chi connectivity index (χ2v) is 12.0. The smallest absolute Gasteiger partial charge is 0.308 e. The first-order valence-corrected chi connectivity index (χ1v) is 10.0. The quantitative estimate of drug-likeness (QED) is 0.603. The Morgan fingerprint density at radius 3 is 2.20 bits per heavy atom. The highest BCUT2D eigenvalue weighted by molar-refractivity contribution is 6.74. The molecule has 0 bridgehead atoms. The van der Waals surface area contributed by atoms with Gasteiger partial charge >= 0.3 is 5.97 Å². The Labute approximate surface area is 122 Å². The first-order chi connectivity index (χ1) is 8.88. The molecule has 0 spiro atoms. The van der Waals surface area contributed by atoms with Gasteiger partial charge in [0.25, 0.3) is 0 Å². The van der Waals surface area contributed by atoms with E-state index in [1.165, 1.54) is 0 Å². The highest BCUT2D eigenvalue weighted by Gasteiger charge is 2.50. The summed E-state index contributed by atoms with van der Waals surface area (Å²) in [5.74, 6) is -1.95. The van der Waals surface area contributed by atoms with Crippen LogP contribution in [0.2, 0.25) is 18.1 Å². The van der Waals surface area contributed by atoms with Crippen LogP contribution < -0.4 is 5.32 Å². The molecule has 6 heteroatoms. The predicted molar refractivity (Wildman–Crippen MR) is 80.0 cm³/mol. The van der Waals surface area contributed by atoms with Crippen LogP contribution in [0.15, 0.2) is 0 Å². The average molecular weight is 301 g/mol. The van der Waals surface area contributed by atoms with Gasteiger partial charge in [-0.2, -0.15) is 0 Å². The molecule has 20 heavy (non-hydrogen) atoms. The lowest BCUT2D eigenvalue weighted by atomic mass is 9.79. The lowest BCUT2D eigenvalue weighted by molar-refractivity contribution is -0.151. The Morgan fingerprint density at radius 2 is 1.85 bits per heavy atom. The maximum atomic E-state index is 11.8. The molecule has 1 aliphatic heterocycles. The zero-order chi connectivity index (χ0) is 15.9. The van der Waals surface area contributed by atoms with Gasteiger partial charge in [-0.05, 0) is 32.0 Å². The van der Waals surface area contributed by atoms with Crippen LogP contribution in [0.1, 0.15) is 34.6 Å². The Balaban J connectivity index is 2.78. The number of carboxylic acid groups (broad SMARTS) is 1. The third-order valence-corrected chi connectivity index (χ3v) is 9.29. The van der Waals surface area contributed by atoms with Gasteiger partial charge in [-0.15, -0.1) is 0 Å². The monoisotopic (exact) mass is 301 g/mol. The van der Waals surface area contributed by atoms with E-state index in [0.717, 1.165) is 0 Å². The molecule has 5 nitrogen and oxygen atoms in total. The molecule has 1 aliphatic rings. The van der Waals surface area contributed by atoms with Crippen molar-refractivity contribution in [2.75, 3.05) is 0 Å². The molecule has 1 fully saturated rings. The molecule has 2 N–H and O–H groups in total. The zero-order valence-electron chi connectivity index (χ0n) is 13.5. The Hall–Kier alpha value is -0.883. The van der Waals surface area contributed by atoms with Crippen LogP contribution in [0.25, 0.3) is 0 Å². The average Bonchev–Trinajstić information content (AvgIpc) is 2.21. The summed E-state index contributed by atoms with van der Waals surface area (Å²) in [6, 6.07) is -0.334. The minimum absolute atomic E-state index is 0.0649. The molecule has 0 aliphatic carbocycles. The van der Waals surface area contributed by atoms with Gasteiger partial charge in [-0.25, -0.2) is 0 Å². The minimum atomic E-state index is -1.96. The van der Waals surface area contributed by atoms with Gasteiger partial charge in [0.15, 0.2) is 8.32 Å². The zero-order valence-corrected chi connectivity index (χ0v) is 14.5. The number of aliphatic carboxylic acids is 1. The third-order valence-electron chi connectivity index (χ3n) is 4.72. The third kappa shape index (κ3) is 3.23. The van der Waals surface area contributed by atoms with Crippen LogP contribution in [0.5, 0.6) is 0 Å². The van der Waals surface area contributed by atoms with Crippen molar-refractivity contribution in [1.29, 1.82) is 0 Å². The van der Waals surface area contributed by atoms with Crippen molar-refractivity contribution in [1.82, 2.24) is 5.32 Å². The van der Waals surface area contributed by atoms with Gasteiger partial charge in [0.1, 0.15) is 0 Å². The molecular formula is C14H27NO4Si. The molecule has 0 unspecified atom stereocenters. The van der Waals surface area contributed by atoms with Gasteiger partial charge in [-0.1, -0.05) is 20.8 Å². The predicted octanol–water partition coefficient (Wildman–Crippen LogP) is 2.23. The van der Waals surface area contributed by atoms with Gasteiger partial charge < -0.3 is 14.8 Å². The molecule has 4 atom stereocenters. The van der Waals surface area contributed by atoms with E-state index in [1.54, 1.807) is 6.92 Å². The van der Waals surface area contributed by atoms with E-state index in [9.17, 15) is 9.59 Å². The van der Waals surface area contributed by atoms with Gasteiger partial charge in [0, 0.05) is 0 Å². The van der Waals surface area contributed by atoms with E-state index in [0.29, 0.717) is 0 Å². The number of carbonyl (C=O) groups is 2. The van der Waals surface area contributed by atoms with E-state index in [1.807, 2.05) is 6.92 Å². The van der Waals surface area contributed by atoms with Crippen LogP contribution in [-0.2, 0) is 14.0 Å². The minimum Gasteiger partial charge on any atom is -0.481 e. The molecule has 0 aromatic carbocycles. The van der Waals surface area contributed by atoms with Crippen LogP contribution >= 0.6 is 0 Å². The van der Waals surface area contributed by atoms with Crippen molar-refractivity contribution >= 4 is 20.2 Å². The van der Waals surface area contributed by atoms with Crippen LogP contribution in [0.4, 0.5) is 0 Å². The number of carboxylic acids is 1. The second-order valence-electron chi connectivity index (χ2n) is 7.27. The summed E-state index contributed by atoms with van der Waals surface area (Å²) in [6.07, 6.45) is -0.253. The van der Waals surface area contributed by atoms with Crippen LogP contribution in [0, 0.1) is 11.8 Å². The number of rotatable bonds is 5. The van der Waals surface area contributed by atoms with E-state index in [4.69, 9.17) is 9.53 Å². The van der Waals surface area contributed by atoms with Crippen molar-refractivity contribution in [3.05, 3.63) is 0 Å². The fourth-order valence-electron chi connectivity index (χ4n) is 2.23. The summed E-state index contributed by atoms with van der Waals surface area (Å²) in [6.45, 7) is 14.2. The summed E-state index contributed by atoms with van der Waals surface area (Å²) in [4.78, 5) is 22.8. The molecule has 1 saturated heterocycles. The molecule has 0 saturated carbocycles. The standard InChI is InChI=1S/C14H27NO4Si/c1-8(13(17)18)11-10(12(16)15-11)9(2)19-20(6,7)14(3,4)5/h8-11H,1-7H3,(H,15,16)(H,17,18)/t8-,9-,10-,11+/m1/s1. The highest BCUT2D eigenvalue weighted by atomic mass is 28.4. The first kappa shape index (κ1) is 17.2. The number of nitrogens with one attached hydrogen (secondary N) is 1. The van der Waals surface area contributed by atoms with Crippen LogP contribution in [-0.4, -0.2) is 37.4 Å². The summed E-state index contributed by atoms with van der Waals surface area (Å²) in [5.41, 5.74) is 0. The summed E-state index contributed by atoms with van der Waals surface area (Å²) in [7, 11) is -1.96. The molecule has 1 heterocycles. The van der Waals surface area contributed by atoms with Crippen molar-refractivity contribution < 1.29 is 19.1 Å². The molecular weight excluding hydrogens is 274 g/mol. The Morgan fingerprint density at radius 1 is 1.35 bits per heavy atom. The number of amides is 1. The SMILES string of the molecule is C[C@@H](O[Si](C)(C)C(C)(C)C)[C@H]1C(=O)N[C@H]1[C@@H](C)C(=O)O. The van der Waals surface area contributed by atoms with Crippen molar-refractivity contribution in [2.45, 2.75) is 64.9 Å². The maximum Gasteiger partial charge on any atom is 0.308 e. The number of hydrogen-bond acceptors (Lipinski definition) is 3. The first-order valence-electron chi connectivity index (χ1n) is 7.09. The second kappa shape index (κ2) is 5.48. The number of β-lactam (4-membered cyclic amide) rings is 1. The van der Waals surface area contributed by atoms with Gasteiger partial charge in [0.05, 0.1) is 24.0 Å². The van der Waals surface area contributed by atoms with Crippen molar-refractivity contribution in [3.8, 4) is 0 Å². The van der Waals surface area contributed by atoms with Crippen molar-refractivity contribution in [2.24, 2.45) is 11.8 Å². The Bertz CT molecular complexity index is 402. The topological polar surface area (TPSA) is 75.6 Å².